The second-order valence-corrected chi connectivity index (χ2v) is 7.89. The van der Waals surface area contributed by atoms with E-state index in [0.29, 0.717) is 36.0 Å². The van der Waals surface area contributed by atoms with Crippen LogP contribution in [0.15, 0.2) is 48.5 Å². The van der Waals surface area contributed by atoms with Gasteiger partial charge in [0.05, 0.1) is 18.0 Å². The molecule has 2 aromatic rings. The van der Waals surface area contributed by atoms with Gasteiger partial charge in [0.25, 0.3) is 0 Å². The summed E-state index contributed by atoms with van der Waals surface area (Å²) >= 11 is 6.00. The molecule has 6 heteroatoms. The van der Waals surface area contributed by atoms with Crippen LogP contribution in [0.2, 0.25) is 5.02 Å². The number of anilines is 1. The van der Waals surface area contributed by atoms with Crippen molar-refractivity contribution in [3.63, 3.8) is 0 Å². The van der Waals surface area contributed by atoms with Gasteiger partial charge in [0.2, 0.25) is 10.0 Å². The first-order chi connectivity index (χ1) is 11.1. The molecule has 1 aliphatic rings. The smallest absolute Gasteiger partial charge is 0.235 e. The van der Waals surface area contributed by atoms with E-state index in [1.807, 2.05) is 30.3 Å². The molecule has 0 fully saturated rings. The molecule has 0 saturated carbocycles. The van der Waals surface area contributed by atoms with E-state index in [1.54, 1.807) is 18.2 Å². The number of nitrogens with zero attached hydrogens (tertiary/aromatic N) is 1. The third kappa shape index (κ3) is 3.79. The lowest BCUT2D eigenvalue weighted by molar-refractivity contribution is 0.316. The van der Waals surface area contributed by atoms with E-state index in [-0.39, 0.29) is 5.75 Å². The number of sulfonamides is 1. The van der Waals surface area contributed by atoms with Gasteiger partial charge >= 0.3 is 0 Å². The SMILES string of the molecule is O=S(=O)(CCCc1ccccc1)N1CCOc2ccc(Cl)cc21. The molecule has 0 aliphatic carbocycles. The molecule has 3 rings (SSSR count). The summed E-state index contributed by atoms with van der Waals surface area (Å²) in [5.41, 5.74) is 1.68. The Kier molecular flexibility index (Phi) is 4.78. The van der Waals surface area contributed by atoms with Gasteiger partial charge in [0, 0.05) is 5.02 Å². The molecule has 4 nitrogen and oxygen atoms in total. The normalized spacial score (nSPS) is 14.2. The molecule has 0 radical (unpaired) electrons. The first-order valence-electron chi connectivity index (χ1n) is 7.53. The molecule has 0 unspecified atom stereocenters. The predicted molar refractivity (Wildman–Crippen MR) is 92.8 cm³/mol. The maximum absolute atomic E-state index is 12.7. The van der Waals surface area contributed by atoms with Crippen molar-refractivity contribution in [2.75, 3.05) is 23.2 Å². The lowest BCUT2D eigenvalue weighted by Gasteiger charge is -2.30. The van der Waals surface area contributed by atoms with Crippen molar-refractivity contribution in [1.29, 1.82) is 0 Å². The van der Waals surface area contributed by atoms with E-state index in [0.717, 1.165) is 12.0 Å². The molecule has 1 heterocycles. The van der Waals surface area contributed by atoms with Crippen LogP contribution in [0, 0.1) is 0 Å². The molecule has 0 spiro atoms. The molecule has 0 atom stereocenters. The van der Waals surface area contributed by atoms with Gasteiger partial charge in [-0.15, -0.1) is 0 Å². The second kappa shape index (κ2) is 6.81. The lowest BCUT2D eigenvalue weighted by Crippen LogP contribution is -2.39. The summed E-state index contributed by atoms with van der Waals surface area (Å²) < 4.78 is 32.3. The molecule has 0 N–H and O–H groups in total. The van der Waals surface area contributed by atoms with Gasteiger partial charge in [-0.25, -0.2) is 8.42 Å². The standard InChI is InChI=1S/C17H18ClNO3S/c18-15-8-9-17-16(13-15)19(10-11-22-17)23(20,21)12-4-7-14-5-2-1-3-6-14/h1-3,5-6,8-9,13H,4,7,10-12H2. The molecule has 0 saturated heterocycles. The van der Waals surface area contributed by atoms with E-state index in [1.165, 1.54) is 4.31 Å². The summed E-state index contributed by atoms with van der Waals surface area (Å²) in [6.45, 7) is 0.674. The first-order valence-corrected chi connectivity index (χ1v) is 9.52. The highest BCUT2D eigenvalue weighted by molar-refractivity contribution is 7.92. The summed E-state index contributed by atoms with van der Waals surface area (Å²) in [7, 11) is -3.39. The van der Waals surface area contributed by atoms with Crippen LogP contribution >= 0.6 is 11.6 Å². The van der Waals surface area contributed by atoms with Crippen molar-refractivity contribution in [2.45, 2.75) is 12.8 Å². The van der Waals surface area contributed by atoms with Gasteiger partial charge in [0.1, 0.15) is 12.4 Å². The maximum atomic E-state index is 12.7. The van der Waals surface area contributed by atoms with Crippen molar-refractivity contribution >= 4 is 27.3 Å². The lowest BCUT2D eigenvalue weighted by atomic mass is 10.1. The zero-order chi connectivity index (χ0) is 16.3. The zero-order valence-electron chi connectivity index (χ0n) is 12.6. The molecule has 122 valence electrons. The number of benzene rings is 2. The molecule has 1 aliphatic heterocycles. The van der Waals surface area contributed by atoms with Crippen LogP contribution in [0.25, 0.3) is 0 Å². The topological polar surface area (TPSA) is 46.6 Å². The Morgan fingerprint density at radius 3 is 2.70 bits per heavy atom. The zero-order valence-corrected chi connectivity index (χ0v) is 14.2. The van der Waals surface area contributed by atoms with Crippen molar-refractivity contribution in [3.8, 4) is 5.75 Å². The summed E-state index contributed by atoms with van der Waals surface area (Å²) in [5, 5.41) is 0.499. The quantitative estimate of drug-likeness (QED) is 0.828. The van der Waals surface area contributed by atoms with E-state index < -0.39 is 10.0 Å². The van der Waals surface area contributed by atoms with Crippen LogP contribution < -0.4 is 9.04 Å². The minimum Gasteiger partial charge on any atom is -0.489 e. The van der Waals surface area contributed by atoms with Crippen LogP contribution in [-0.4, -0.2) is 27.3 Å². The Balaban J connectivity index is 1.72. The third-order valence-corrected chi connectivity index (χ3v) is 5.88. The van der Waals surface area contributed by atoms with Gasteiger partial charge in [-0.1, -0.05) is 41.9 Å². The van der Waals surface area contributed by atoms with E-state index >= 15 is 0 Å². The van der Waals surface area contributed by atoms with E-state index in [9.17, 15) is 8.42 Å². The fraction of sp³-hybridized carbons (Fsp3) is 0.294. The van der Waals surface area contributed by atoms with Crippen LogP contribution in [0.4, 0.5) is 5.69 Å². The third-order valence-electron chi connectivity index (χ3n) is 3.79. The van der Waals surface area contributed by atoms with Crippen molar-refractivity contribution < 1.29 is 13.2 Å². The molecular formula is C17H18ClNO3S. The molecule has 0 bridgehead atoms. The Hall–Kier alpha value is -1.72. The van der Waals surface area contributed by atoms with Gasteiger partial charge < -0.3 is 4.74 Å². The number of hydrogen-bond acceptors (Lipinski definition) is 3. The minimum atomic E-state index is -3.39. The highest BCUT2D eigenvalue weighted by Gasteiger charge is 2.28. The van der Waals surface area contributed by atoms with E-state index in [4.69, 9.17) is 16.3 Å². The van der Waals surface area contributed by atoms with Crippen molar-refractivity contribution in [1.82, 2.24) is 0 Å². The highest BCUT2D eigenvalue weighted by Crippen LogP contribution is 2.35. The van der Waals surface area contributed by atoms with Crippen molar-refractivity contribution in [2.24, 2.45) is 0 Å². The number of fused-ring (bicyclic) bond motifs is 1. The van der Waals surface area contributed by atoms with Crippen molar-refractivity contribution in [3.05, 3.63) is 59.1 Å². The Morgan fingerprint density at radius 1 is 1.13 bits per heavy atom. The largest absolute Gasteiger partial charge is 0.489 e. The van der Waals surface area contributed by atoms with Gasteiger partial charge in [-0.3, -0.25) is 4.31 Å². The van der Waals surface area contributed by atoms with Crippen LogP contribution in [0.1, 0.15) is 12.0 Å². The van der Waals surface area contributed by atoms with Gasteiger partial charge in [-0.05, 0) is 36.6 Å². The molecular weight excluding hydrogens is 334 g/mol. The van der Waals surface area contributed by atoms with Crippen LogP contribution in [0.5, 0.6) is 5.75 Å². The average molecular weight is 352 g/mol. The highest BCUT2D eigenvalue weighted by atomic mass is 35.5. The average Bonchev–Trinajstić information content (AvgIpc) is 2.55. The summed E-state index contributed by atoms with van der Waals surface area (Å²) in [5.74, 6) is 0.667. The monoisotopic (exact) mass is 351 g/mol. The first kappa shape index (κ1) is 16.1. The number of aryl methyl sites for hydroxylation is 1. The number of ether oxygens (including phenoxy) is 1. The predicted octanol–water partition coefficient (Wildman–Crippen LogP) is 3.50. The molecule has 2 aromatic carbocycles. The molecule has 0 aromatic heterocycles. The number of halogens is 1. The van der Waals surface area contributed by atoms with Crippen LogP contribution in [0.3, 0.4) is 0 Å². The number of hydrogen-bond donors (Lipinski definition) is 0. The van der Waals surface area contributed by atoms with Crippen LogP contribution in [-0.2, 0) is 16.4 Å². The summed E-state index contributed by atoms with van der Waals surface area (Å²) in [4.78, 5) is 0. The van der Waals surface area contributed by atoms with Gasteiger partial charge in [-0.2, -0.15) is 0 Å². The Bertz CT molecular complexity index is 778. The minimum absolute atomic E-state index is 0.105. The fourth-order valence-electron chi connectivity index (χ4n) is 2.67. The summed E-state index contributed by atoms with van der Waals surface area (Å²) in [6.07, 6.45) is 1.33. The number of rotatable bonds is 5. The summed E-state index contributed by atoms with van der Waals surface area (Å²) in [6, 6.07) is 15.0. The van der Waals surface area contributed by atoms with Gasteiger partial charge in [0.15, 0.2) is 0 Å². The van der Waals surface area contributed by atoms with E-state index in [2.05, 4.69) is 0 Å². The maximum Gasteiger partial charge on any atom is 0.235 e. The Morgan fingerprint density at radius 2 is 1.91 bits per heavy atom. The molecule has 23 heavy (non-hydrogen) atoms. The molecule has 0 amide bonds. The second-order valence-electron chi connectivity index (χ2n) is 5.44. The Labute approximate surface area is 141 Å². The fourth-order valence-corrected chi connectivity index (χ4v) is 4.36.